The van der Waals surface area contributed by atoms with Crippen LogP contribution < -0.4 is 10.0 Å². The molecule has 120 valence electrons. The lowest BCUT2D eigenvalue weighted by atomic mass is 10.0. The average Bonchev–Trinajstić information content (AvgIpc) is 2.53. The number of nitrogens with zero attached hydrogens (tertiary/aromatic N) is 1. The number of sulfonamides is 1. The molecule has 0 saturated carbocycles. The summed E-state index contributed by atoms with van der Waals surface area (Å²) in [6.07, 6.45) is 1.48. The van der Waals surface area contributed by atoms with Gasteiger partial charge in [0, 0.05) is 22.8 Å². The predicted molar refractivity (Wildman–Crippen MR) is 89.3 cm³/mol. The predicted octanol–water partition coefficient (Wildman–Crippen LogP) is 2.58. The molecule has 0 atom stereocenters. The Balaban J connectivity index is 1.98. The van der Waals surface area contributed by atoms with Crippen LogP contribution in [0.3, 0.4) is 0 Å². The molecule has 0 radical (unpaired) electrons. The molecule has 1 heterocycles. The van der Waals surface area contributed by atoms with E-state index in [1.165, 1.54) is 6.07 Å². The molecule has 0 saturated heterocycles. The minimum Gasteiger partial charge on any atom is -0.308 e. The summed E-state index contributed by atoms with van der Waals surface area (Å²) in [6.45, 7) is 0.586. The summed E-state index contributed by atoms with van der Waals surface area (Å²) in [5.41, 5.74) is 2.08. The van der Waals surface area contributed by atoms with Crippen LogP contribution in [0.2, 0.25) is 5.02 Å². The van der Waals surface area contributed by atoms with Crippen molar-refractivity contribution >= 4 is 33.2 Å². The van der Waals surface area contributed by atoms with E-state index in [4.69, 9.17) is 16.7 Å². The number of amides is 1. The highest BCUT2D eigenvalue weighted by molar-refractivity contribution is 7.89. The van der Waals surface area contributed by atoms with Gasteiger partial charge in [-0.25, -0.2) is 13.6 Å². The van der Waals surface area contributed by atoms with Gasteiger partial charge < -0.3 is 4.90 Å². The van der Waals surface area contributed by atoms with E-state index in [0.29, 0.717) is 23.6 Å². The quantitative estimate of drug-likeness (QED) is 0.903. The van der Waals surface area contributed by atoms with Crippen molar-refractivity contribution in [3.05, 3.63) is 58.6 Å². The van der Waals surface area contributed by atoms with Crippen molar-refractivity contribution in [3.63, 3.8) is 0 Å². The Morgan fingerprint density at radius 3 is 2.48 bits per heavy atom. The summed E-state index contributed by atoms with van der Waals surface area (Å²) in [5.74, 6) is -0.133. The van der Waals surface area contributed by atoms with Crippen LogP contribution in [0.5, 0.6) is 0 Å². The van der Waals surface area contributed by atoms with Crippen molar-refractivity contribution in [1.29, 1.82) is 0 Å². The number of primary sulfonamides is 1. The number of fused-ring (bicyclic) bond motifs is 1. The number of nitrogens with two attached hydrogens (primary N) is 1. The second-order valence-electron chi connectivity index (χ2n) is 5.40. The second kappa shape index (κ2) is 5.96. The first-order valence-corrected chi connectivity index (χ1v) is 9.02. The van der Waals surface area contributed by atoms with Crippen molar-refractivity contribution in [3.8, 4) is 0 Å². The van der Waals surface area contributed by atoms with Crippen LogP contribution >= 0.6 is 11.6 Å². The van der Waals surface area contributed by atoms with Crippen molar-refractivity contribution < 1.29 is 13.2 Å². The Morgan fingerprint density at radius 1 is 1.13 bits per heavy atom. The molecule has 2 aromatic carbocycles. The van der Waals surface area contributed by atoms with Gasteiger partial charge >= 0.3 is 0 Å². The lowest BCUT2D eigenvalue weighted by molar-refractivity contribution is 0.0985. The van der Waals surface area contributed by atoms with Crippen molar-refractivity contribution in [2.45, 2.75) is 17.7 Å². The number of carbonyl (C=O) groups excluding carboxylic acids is 1. The summed E-state index contributed by atoms with van der Waals surface area (Å²) in [4.78, 5) is 14.4. The Kier molecular flexibility index (Phi) is 4.14. The van der Waals surface area contributed by atoms with E-state index in [1.54, 1.807) is 41.3 Å². The third kappa shape index (κ3) is 3.24. The Bertz CT molecular complexity index is 863. The van der Waals surface area contributed by atoms with Gasteiger partial charge in [-0.3, -0.25) is 4.79 Å². The molecule has 23 heavy (non-hydrogen) atoms. The van der Waals surface area contributed by atoms with Gasteiger partial charge in [-0.05, 0) is 60.9 Å². The van der Waals surface area contributed by atoms with E-state index in [2.05, 4.69) is 0 Å². The number of carbonyl (C=O) groups is 1. The molecular formula is C16H15ClN2O3S. The monoisotopic (exact) mass is 350 g/mol. The number of hydrogen-bond acceptors (Lipinski definition) is 3. The zero-order valence-corrected chi connectivity index (χ0v) is 13.8. The van der Waals surface area contributed by atoms with Crippen molar-refractivity contribution in [2.75, 3.05) is 11.4 Å². The first-order valence-electron chi connectivity index (χ1n) is 7.09. The van der Waals surface area contributed by atoms with E-state index in [-0.39, 0.29) is 10.8 Å². The van der Waals surface area contributed by atoms with Gasteiger partial charge in [-0.2, -0.15) is 0 Å². The first kappa shape index (κ1) is 16.0. The Hall–Kier alpha value is -1.89. The van der Waals surface area contributed by atoms with Crippen LogP contribution in [0.4, 0.5) is 5.69 Å². The van der Waals surface area contributed by atoms with E-state index in [9.17, 15) is 13.2 Å². The fourth-order valence-corrected chi connectivity index (χ4v) is 3.40. The fourth-order valence-electron chi connectivity index (χ4n) is 2.71. The van der Waals surface area contributed by atoms with Gasteiger partial charge in [0.05, 0.1) is 4.90 Å². The van der Waals surface area contributed by atoms with Gasteiger partial charge in [0.2, 0.25) is 10.0 Å². The molecule has 2 aromatic rings. The number of benzene rings is 2. The molecule has 0 spiro atoms. The minimum absolute atomic E-state index is 0.0667. The third-order valence-corrected chi connectivity index (χ3v) is 5.00. The van der Waals surface area contributed by atoms with Gasteiger partial charge in [-0.15, -0.1) is 0 Å². The normalized spacial score (nSPS) is 14.4. The molecule has 1 aliphatic heterocycles. The number of rotatable bonds is 2. The Morgan fingerprint density at radius 2 is 1.83 bits per heavy atom. The van der Waals surface area contributed by atoms with E-state index in [1.807, 2.05) is 0 Å². The first-order chi connectivity index (χ1) is 10.9. The highest BCUT2D eigenvalue weighted by Gasteiger charge is 2.24. The maximum absolute atomic E-state index is 12.7. The van der Waals surface area contributed by atoms with Crippen LogP contribution in [0.15, 0.2) is 47.4 Å². The minimum atomic E-state index is -3.75. The lowest BCUT2D eigenvalue weighted by Gasteiger charge is -2.30. The smallest absolute Gasteiger partial charge is 0.258 e. The topological polar surface area (TPSA) is 80.5 Å². The molecule has 1 amide bonds. The van der Waals surface area contributed by atoms with E-state index in [0.717, 1.165) is 17.7 Å². The zero-order valence-electron chi connectivity index (χ0n) is 12.2. The summed E-state index contributed by atoms with van der Waals surface area (Å²) < 4.78 is 22.9. The van der Waals surface area contributed by atoms with Crippen molar-refractivity contribution in [2.24, 2.45) is 5.14 Å². The molecule has 1 aliphatic rings. The molecule has 2 N–H and O–H groups in total. The molecule has 5 nitrogen and oxygen atoms in total. The molecule has 3 rings (SSSR count). The van der Waals surface area contributed by atoms with Crippen LogP contribution in [-0.2, 0) is 16.4 Å². The van der Waals surface area contributed by atoms with E-state index >= 15 is 0 Å². The third-order valence-electron chi connectivity index (χ3n) is 3.83. The van der Waals surface area contributed by atoms with Crippen LogP contribution in [0.1, 0.15) is 22.3 Å². The standard InChI is InChI=1S/C16H15ClN2O3S/c17-13-5-3-11(4-6-13)16(20)19-9-1-2-12-10-14(23(18,21)22)7-8-15(12)19/h3-8,10H,1-2,9H2,(H2,18,21,22). The number of aryl methyl sites for hydroxylation is 1. The molecule has 0 unspecified atom stereocenters. The summed E-state index contributed by atoms with van der Waals surface area (Å²) >= 11 is 5.85. The molecule has 0 aliphatic carbocycles. The maximum atomic E-state index is 12.7. The van der Waals surface area contributed by atoms with Gasteiger partial charge in [0.1, 0.15) is 0 Å². The van der Waals surface area contributed by atoms with Crippen molar-refractivity contribution in [1.82, 2.24) is 0 Å². The van der Waals surface area contributed by atoms with Gasteiger partial charge in [-0.1, -0.05) is 11.6 Å². The second-order valence-corrected chi connectivity index (χ2v) is 7.40. The van der Waals surface area contributed by atoms with Gasteiger partial charge in [0.25, 0.3) is 5.91 Å². The largest absolute Gasteiger partial charge is 0.308 e. The molecule has 0 aromatic heterocycles. The fraction of sp³-hybridized carbons (Fsp3) is 0.188. The highest BCUT2D eigenvalue weighted by Crippen LogP contribution is 2.30. The summed E-state index contributed by atoms with van der Waals surface area (Å²) in [5, 5.41) is 5.74. The summed E-state index contributed by atoms with van der Waals surface area (Å²) in [6, 6.07) is 11.3. The van der Waals surface area contributed by atoms with Crippen LogP contribution in [0.25, 0.3) is 0 Å². The Labute approximate surface area is 139 Å². The zero-order chi connectivity index (χ0) is 16.6. The molecule has 0 fully saturated rings. The number of anilines is 1. The van der Waals surface area contributed by atoms with Gasteiger partial charge in [0.15, 0.2) is 0 Å². The maximum Gasteiger partial charge on any atom is 0.258 e. The number of hydrogen-bond donors (Lipinski definition) is 1. The SMILES string of the molecule is NS(=O)(=O)c1ccc2c(c1)CCCN2C(=O)c1ccc(Cl)cc1. The lowest BCUT2D eigenvalue weighted by Crippen LogP contribution is -2.35. The average molecular weight is 351 g/mol. The highest BCUT2D eigenvalue weighted by atomic mass is 35.5. The molecular weight excluding hydrogens is 336 g/mol. The summed E-state index contributed by atoms with van der Waals surface area (Å²) in [7, 11) is -3.75. The van der Waals surface area contributed by atoms with Crippen LogP contribution in [0, 0.1) is 0 Å². The number of halogens is 1. The molecule has 7 heteroatoms. The van der Waals surface area contributed by atoms with E-state index < -0.39 is 10.0 Å². The van der Waals surface area contributed by atoms with Crippen LogP contribution in [-0.4, -0.2) is 20.9 Å². The molecule has 0 bridgehead atoms.